The zero-order valence-electron chi connectivity index (χ0n) is 14.9. The second kappa shape index (κ2) is 6.67. The number of imidazole rings is 1. The van der Waals surface area contributed by atoms with Gasteiger partial charge in [0.15, 0.2) is 0 Å². The monoisotopic (exact) mass is 345 g/mol. The lowest BCUT2D eigenvalue weighted by atomic mass is 10.0. The van der Waals surface area contributed by atoms with Crippen LogP contribution in [-0.4, -0.2) is 15.0 Å². The number of rotatable bonds is 5. The normalized spacial score (nSPS) is 11.4. The number of hydrogen-bond acceptors (Lipinski definition) is 4. The van der Waals surface area contributed by atoms with Gasteiger partial charge in [-0.2, -0.15) is 0 Å². The third-order valence-electron chi connectivity index (χ3n) is 4.72. The van der Waals surface area contributed by atoms with Crippen molar-refractivity contribution in [1.29, 1.82) is 0 Å². The molecule has 2 heterocycles. The Hall–Kier alpha value is -3.08. The van der Waals surface area contributed by atoms with E-state index in [9.17, 15) is 0 Å². The Morgan fingerprint density at radius 1 is 0.962 bits per heavy atom. The van der Waals surface area contributed by atoms with Crippen molar-refractivity contribution in [2.24, 2.45) is 0 Å². The molecule has 0 unspecified atom stereocenters. The molecule has 0 aliphatic carbocycles. The van der Waals surface area contributed by atoms with Crippen molar-refractivity contribution in [3.63, 3.8) is 0 Å². The van der Waals surface area contributed by atoms with E-state index in [2.05, 4.69) is 41.2 Å². The Balaban J connectivity index is 1.77. The number of H-pyrrole nitrogens is 1. The summed E-state index contributed by atoms with van der Waals surface area (Å²) in [6, 6.07) is 14.3. The molecule has 4 aromatic rings. The quantitative estimate of drug-likeness (QED) is 0.472. The van der Waals surface area contributed by atoms with Crippen molar-refractivity contribution in [2.45, 2.75) is 32.6 Å². The summed E-state index contributed by atoms with van der Waals surface area (Å²) in [7, 11) is 0. The van der Waals surface area contributed by atoms with Gasteiger partial charge in [0.25, 0.3) is 0 Å². The van der Waals surface area contributed by atoms with Crippen LogP contribution < -0.4 is 11.5 Å². The molecular formula is C21H23N5. The maximum absolute atomic E-state index is 6.15. The predicted molar refractivity (Wildman–Crippen MR) is 108 cm³/mol. The number of fused-ring (bicyclic) bond motifs is 3. The fraction of sp³-hybridized carbons (Fsp3) is 0.238. The summed E-state index contributed by atoms with van der Waals surface area (Å²) in [4.78, 5) is 12.7. The first-order chi connectivity index (χ1) is 12.6. The van der Waals surface area contributed by atoms with Crippen molar-refractivity contribution in [3.8, 4) is 0 Å². The molecule has 0 aliphatic rings. The number of nitrogens with two attached hydrogens (primary N) is 2. The average molecular weight is 345 g/mol. The molecule has 2 aromatic carbocycles. The van der Waals surface area contributed by atoms with Gasteiger partial charge in [-0.1, -0.05) is 31.5 Å². The number of benzene rings is 2. The van der Waals surface area contributed by atoms with Crippen LogP contribution in [-0.2, 0) is 12.8 Å². The number of aromatic nitrogens is 3. The number of anilines is 2. The first kappa shape index (κ1) is 16.4. The second-order valence-electron chi connectivity index (χ2n) is 6.78. The highest BCUT2D eigenvalue weighted by Crippen LogP contribution is 2.28. The first-order valence-corrected chi connectivity index (χ1v) is 9.05. The minimum atomic E-state index is 0.508. The van der Waals surface area contributed by atoms with E-state index in [0.717, 1.165) is 59.1 Å². The average Bonchev–Trinajstić information content (AvgIpc) is 3.08. The summed E-state index contributed by atoms with van der Waals surface area (Å²) in [5.74, 6) is 1.49. The van der Waals surface area contributed by atoms with Gasteiger partial charge < -0.3 is 16.5 Å². The summed E-state index contributed by atoms with van der Waals surface area (Å²) in [6.07, 6.45) is 4.01. The summed E-state index contributed by atoms with van der Waals surface area (Å²) in [5, 5.41) is 1.04. The molecular weight excluding hydrogens is 322 g/mol. The largest absolute Gasteiger partial charge is 0.399 e. The minimum Gasteiger partial charge on any atom is -0.399 e. The molecule has 0 fully saturated rings. The van der Waals surface area contributed by atoms with Crippen molar-refractivity contribution >= 4 is 33.4 Å². The van der Waals surface area contributed by atoms with E-state index in [4.69, 9.17) is 16.5 Å². The number of hydrogen-bond donors (Lipinski definition) is 3. The van der Waals surface area contributed by atoms with E-state index < -0.39 is 0 Å². The lowest BCUT2D eigenvalue weighted by molar-refractivity contribution is 0.765. The van der Waals surface area contributed by atoms with Gasteiger partial charge in [-0.05, 0) is 48.2 Å². The molecule has 5 nitrogen and oxygen atoms in total. The van der Waals surface area contributed by atoms with Crippen molar-refractivity contribution in [1.82, 2.24) is 15.0 Å². The Labute approximate surface area is 152 Å². The van der Waals surface area contributed by atoms with Gasteiger partial charge in [0.1, 0.15) is 22.7 Å². The van der Waals surface area contributed by atoms with E-state index in [1.165, 1.54) is 11.1 Å². The highest BCUT2D eigenvalue weighted by atomic mass is 15.0. The highest BCUT2D eigenvalue weighted by Gasteiger charge is 2.12. The lowest BCUT2D eigenvalue weighted by Gasteiger charge is -2.06. The Morgan fingerprint density at radius 3 is 2.50 bits per heavy atom. The van der Waals surface area contributed by atoms with Gasteiger partial charge in [-0.3, -0.25) is 0 Å². The Bertz CT molecular complexity index is 1060. The molecule has 4 rings (SSSR count). The van der Waals surface area contributed by atoms with Crippen LogP contribution >= 0.6 is 0 Å². The minimum absolute atomic E-state index is 0.508. The highest BCUT2D eigenvalue weighted by molar-refractivity contribution is 6.06. The number of aromatic amines is 1. The molecule has 5 heteroatoms. The van der Waals surface area contributed by atoms with Gasteiger partial charge in [-0.25, -0.2) is 9.97 Å². The smallest absolute Gasteiger partial charge is 0.150 e. The third-order valence-corrected chi connectivity index (χ3v) is 4.72. The number of nitrogen functional groups attached to an aromatic ring is 2. The summed E-state index contributed by atoms with van der Waals surface area (Å²) >= 11 is 0. The standard InChI is InChI=1S/C21H23N5/c1-2-3-4-18-25-19-16-12-14(11-13-5-8-15(22)9-6-13)7-10-17(16)24-21(23)20(19)26-18/h5-10,12H,2-4,11,22H2,1H3,(H2,23,24)(H,25,26). The van der Waals surface area contributed by atoms with Crippen LogP contribution in [0.1, 0.15) is 36.7 Å². The van der Waals surface area contributed by atoms with E-state index >= 15 is 0 Å². The van der Waals surface area contributed by atoms with E-state index in [1.54, 1.807) is 0 Å². The third kappa shape index (κ3) is 3.08. The molecule has 2 aromatic heterocycles. The van der Waals surface area contributed by atoms with Gasteiger partial charge in [0.2, 0.25) is 0 Å². The molecule has 0 saturated heterocycles. The molecule has 132 valence electrons. The molecule has 0 saturated carbocycles. The number of nitrogens with one attached hydrogen (secondary N) is 1. The van der Waals surface area contributed by atoms with Crippen LogP contribution in [0.3, 0.4) is 0 Å². The molecule has 0 bridgehead atoms. The van der Waals surface area contributed by atoms with Gasteiger partial charge in [0, 0.05) is 17.5 Å². The second-order valence-corrected chi connectivity index (χ2v) is 6.78. The van der Waals surface area contributed by atoms with Crippen molar-refractivity contribution < 1.29 is 0 Å². The summed E-state index contributed by atoms with van der Waals surface area (Å²) < 4.78 is 0. The fourth-order valence-corrected chi connectivity index (χ4v) is 3.30. The van der Waals surface area contributed by atoms with E-state index in [1.807, 2.05) is 18.2 Å². The molecule has 26 heavy (non-hydrogen) atoms. The molecule has 0 atom stereocenters. The van der Waals surface area contributed by atoms with Crippen LogP contribution in [0.15, 0.2) is 42.5 Å². The van der Waals surface area contributed by atoms with Gasteiger partial charge in [-0.15, -0.1) is 0 Å². The lowest BCUT2D eigenvalue weighted by Crippen LogP contribution is -1.95. The number of aryl methyl sites for hydroxylation is 1. The Kier molecular flexibility index (Phi) is 4.21. The van der Waals surface area contributed by atoms with Gasteiger partial charge >= 0.3 is 0 Å². The van der Waals surface area contributed by atoms with Crippen LogP contribution in [0, 0.1) is 0 Å². The predicted octanol–water partition coefficient (Wildman–Crippen LogP) is 4.21. The van der Waals surface area contributed by atoms with Crippen LogP contribution in [0.2, 0.25) is 0 Å². The Morgan fingerprint density at radius 2 is 1.73 bits per heavy atom. The van der Waals surface area contributed by atoms with Crippen LogP contribution in [0.5, 0.6) is 0 Å². The molecule has 0 spiro atoms. The fourth-order valence-electron chi connectivity index (χ4n) is 3.30. The zero-order chi connectivity index (χ0) is 18.1. The topological polar surface area (TPSA) is 93.6 Å². The first-order valence-electron chi connectivity index (χ1n) is 9.05. The summed E-state index contributed by atoms with van der Waals surface area (Å²) in [6.45, 7) is 2.18. The van der Waals surface area contributed by atoms with E-state index in [0.29, 0.717) is 5.82 Å². The van der Waals surface area contributed by atoms with Crippen LogP contribution in [0.4, 0.5) is 11.5 Å². The number of unbranched alkanes of at least 4 members (excludes halogenated alkanes) is 1. The molecule has 0 aliphatic heterocycles. The van der Waals surface area contributed by atoms with E-state index in [-0.39, 0.29) is 0 Å². The van der Waals surface area contributed by atoms with Crippen molar-refractivity contribution in [3.05, 3.63) is 59.4 Å². The zero-order valence-corrected chi connectivity index (χ0v) is 14.9. The molecule has 5 N–H and O–H groups in total. The van der Waals surface area contributed by atoms with Crippen molar-refractivity contribution in [2.75, 3.05) is 11.5 Å². The summed E-state index contributed by atoms with van der Waals surface area (Å²) in [5.41, 5.74) is 17.8. The number of nitrogens with zero attached hydrogens (tertiary/aromatic N) is 2. The SMILES string of the molecule is CCCCc1nc2c([nH]1)c(N)nc1ccc(Cc3ccc(N)cc3)cc12. The molecule has 0 radical (unpaired) electrons. The van der Waals surface area contributed by atoms with Crippen LogP contribution in [0.25, 0.3) is 21.9 Å². The maximum Gasteiger partial charge on any atom is 0.150 e. The number of pyridine rings is 1. The maximum atomic E-state index is 6.15. The van der Waals surface area contributed by atoms with Gasteiger partial charge in [0.05, 0.1) is 5.52 Å². The molecule has 0 amide bonds.